The number of allylic oxidation sites excluding steroid dienone is 1. The zero-order valence-corrected chi connectivity index (χ0v) is 17.9. The highest BCUT2D eigenvalue weighted by atomic mass is 35.5. The second-order valence-electron chi connectivity index (χ2n) is 7.97. The fraction of sp³-hybridized carbons (Fsp3) is 0.240. The van der Waals surface area contributed by atoms with Crippen molar-refractivity contribution in [3.8, 4) is 11.3 Å². The third-order valence-corrected chi connectivity index (χ3v) is 5.99. The molecule has 0 aliphatic carbocycles. The maximum Gasteiger partial charge on any atom is 0.417 e. The second-order valence-corrected chi connectivity index (χ2v) is 8.38. The maximum atomic E-state index is 13.6. The Hall–Kier alpha value is -2.70. The molecule has 1 aliphatic heterocycles. The number of halogens is 5. The summed E-state index contributed by atoms with van der Waals surface area (Å²) in [6, 6.07) is 17.4. The van der Waals surface area contributed by atoms with Gasteiger partial charge in [0.05, 0.1) is 22.0 Å². The van der Waals surface area contributed by atoms with Gasteiger partial charge in [-0.05, 0) is 47.9 Å². The summed E-state index contributed by atoms with van der Waals surface area (Å²) in [5, 5.41) is -0.110. The number of hydrogen-bond donors (Lipinski definition) is 0. The molecule has 0 N–H and O–H groups in total. The molecule has 4 rings (SSSR count). The van der Waals surface area contributed by atoms with Crippen LogP contribution in [0, 0.1) is 5.82 Å². The molecule has 2 heterocycles. The van der Waals surface area contributed by atoms with Crippen LogP contribution in [0.3, 0.4) is 0 Å². The van der Waals surface area contributed by atoms with E-state index in [0.717, 1.165) is 31.6 Å². The normalized spacial score (nSPS) is 14.9. The van der Waals surface area contributed by atoms with Crippen molar-refractivity contribution in [2.45, 2.75) is 18.5 Å². The van der Waals surface area contributed by atoms with E-state index in [4.69, 9.17) is 11.6 Å². The Morgan fingerprint density at radius 2 is 1.78 bits per heavy atom. The van der Waals surface area contributed by atoms with Crippen LogP contribution in [0.2, 0.25) is 5.02 Å². The van der Waals surface area contributed by atoms with Gasteiger partial charge >= 0.3 is 6.18 Å². The van der Waals surface area contributed by atoms with Crippen LogP contribution in [0.5, 0.6) is 0 Å². The monoisotopic (exact) mass is 460 g/mol. The first-order valence-electron chi connectivity index (χ1n) is 10.2. The van der Waals surface area contributed by atoms with Gasteiger partial charge in [0.2, 0.25) is 0 Å². The number of alkyl halides is 3. The molecule has 1 saturated heterocycles. The Balaban J connectivity index is 1.56. The van der Waals surface area contributed by atoms with Crippen LogP contribution in [-0.4, -0.2) is 35.7 Å². The van der Waals surface area contributed by atoms with Crippen LogP contribution in [-0.2, 0) is 6.42 Å². The Morgan fingerprint density at radius 3 is 2.44 bits per heavy atom. The molecule has 166 valence electrons. The lowest BCUT2D eigenvalue weighted by molar-refractivity contribution is -0.0688. The van der Waals surface area contributed by atoms with Gasteiger partial charge in [-0.15, -0.1) is 0 Å². The minimum absolute atomic E-state index is 0.0863. The van der Waals surface area contributed by atoms with E-state index < -0.39 is 17.6 Å². The molecule has 2 nitrogen and oxygen atoms in total. The first-order chi connectivity index (χ1) is 15.2. The molecule has 1 aromatic heterocycles. The largest absolute Gasteiger partial charge is 0.417 e. The molecular formula is C25H21ClF4N2. The number of rotatable bonds is 6. The van der Waals surface area contributed by atoms with E-state index in [0.29, 0.717) is 11.3 Å². The van der Waals surface area contributed by atoms with Crippen molar-refractivity contribution in [1.82, 2.24) is 9.88 Å². The first-order valence-corrected chi connectivity index (χ1v) is 10.6. The molecule has 32 heavy (non-hydrogen) atoms. The maximum absolute atomic E-state index is 13.6. The molecule has 0 radical (unpaired) electrons. The summed E-state index contributed by atoms with van der Waals surface area (Å²) in [5.41, 5.74) is 1.54. The Labute approximate surface area is 189 Å². The van der Waals surface area contributed by atoms with Gasteiger partial charge in [-0.1, -0.05) is 48.5 Å². The van der Waals surface area contributed by atoms with Crippen LogP contribution in [0.25, 0.3) is 16.8 Å². The van der Waals surface area contributed by atoms with Gasteiger partial charge < -0.3 is 4.90 Å². The van der Waals surface area contributed by atoms with Crippen LogP contribution in [0.15, 0.2) is 67.2 Å². The Morgan fingerprint density at radius 1 is 1.06 bits per heavy atom. The summed E-state index contributed by atoms with van der Waals surface area (Å²) in [5.74, 6) is -0.511. The molecule has 7 heteroatoms. The fourth-order valence-electron chi connectivity index (χ4n) is 3.79. The summed E-state index contributed by atoms with van der Waals surface area (Å²) in [6.45, 7) is 5.58. The predicted molar refractivity (Wildman–Crippen MR) is 119 cm³/mol. The standard InChI is InChI=1S/C25H21ClF4N2/c1-16(25(28,29)30)23-12-19(13-24(31-23)18-7-8-22(27)21(26)11-18)20-14-32(15-20)10-9-17-5-3-2-4-6-17/h2-8,11-13,20H,1,9-10,14-15H2. The highest BCUT2D eigenvalue weighted by Gasteiger charge is 2.35. The molecule has 3 aromatic rings. The van der Waals surface area contributed by atoms with Gasteiger partial charge in [0.15, 0.2) is 0 Å². The van der Waals surface area contributed by atoms with Gasteiger partial charge in [0, 0.05) is 31.1 Å². The van der Waals surface area contributed by atoms with Crippen molar-refractivity contribution in [2.75, 3.05) is 19.6 Å². The molecule has 0 spiro atoms. The lowest BCUT2D eigenvalue weighted by atomic mass is 9.89. The molecule has 0 amide bonds. The van der Waals surface area contributed by atoms with E-state index in [-0.39, 0.29) is 16.6 Å². The molecule has 1 fully saturated rings. The Kier molecular flexibility index (Phi) is 6.35. The molecule has 2 aromatic carbocycles. The Bertz CT molecular complexity index is 1120. The van der Waals surface area contributed by atoms with Crippen molar-refractivity contribution >= 4 is 17.2 Å². The highest BCUT2D eigenvalue weighted by molar-refractivity contribution is 6.31. The van der Waals surface area contributed by atoms with E-state index >= 15 is 0 Å². The van der Waals surface area contributed by atoms with Crippen molar-refractivity contribution in [3.63, 3.8) is 0 Å². The highest BCUT2D eigenvalue weighted by Crippen LogP contribution is 2.36. The van der Waals surface area contributed by atoms with Crippen molar-refractivity contribution in [3.05, 3.63) is 94.9 Å². The summed E-state index contributed by atoms with van der Waals surface area (Å²) in [7, 11) is 0. The minimum Gasteiger partial charge on any atom is -0.302 e. The molecule has 1 aliphatic rings. The van der Waals surface area contributed by atoms with Crippen molar-refractivity contribution in [1.29, 1.82) is 0 Å². The average Bonchev–Trinajstić information content (AvgIpc) is 2.74. The molecular weight excluding hydrogens is 440 g/mol. The van der Waals surface area contributed by atoms with Crippen LogP contribution in [0.4, 0.5) is 17.6 Å². The average molecular weight is 461 g/mol. The number of nitrogens with zero attached hydrogens (tertiary/aromatic N) is 2. The van der Waals surface area contributed by atoms with Crippen LogP contribution < -0.4 is 0 Å². The number of aromatic nitrogens is 1. The minimum atomic E-state index is -4.59. The van der Waals surface area contributed by atoms with Crippen molar-refractivity contribution in [2.24, 2.45) is 0 Å². The lowest BCUT2D eigenvalue weighted by Gasteiger charge is -2.40. The second kappa shape index (κ2) is 9.04. The van der Waals surface area contributed by atoms with Crippen molar-refractivity contribution < 1.29 is 17.6 Å². The lowest BCUT2D eigenvalue weighted by Crippen LogP contribution is -2.45. The summed E-state index contributed by atoms with van der Waals surface area (Å²) >= 11 is 5.88. The van der Waals surface area contributed by atoms with Gasteiger partial charge in [-0.3, -0.25) is 0 Å². The third-order valence-electron chi connectivity index (χ3n) is 5.70. The fourth-order valence-corrected chi connectivity index (χ4v) is 3.97. The van der Waals surface area contributed by atoms with E-state index in [2.05, 4.69) is 28.6 Å². The summed E-state index contributed by atoms with van der Waals surface area (Å²) in [4.78, 5) is 6.43. The predicted octanol–water partition coefficient (Wildman–Crippen LogP) is 6.76. The van der Waals surface area contributed by atoms with Gasteiger partial charge in [-0.25, -0.2) is 9.37 Å². The molecule has 0 saturated carbocycles. The molecule has 0 atom stereocenters. The number of likely N-dealkylation sites (tertiary alicyclic amines) is 1. The molecule has 0 bridgehead atoms. The smallest absolute Gasteiger partial charge is 0.302 e. The van der Waals surface area contributed by atoms with E-state index in [1.807, 2.05) is 18.2 Å². The zero-order valence-electron chi connectivity index (χ0n) is 17.2. The van der Waals surface area contributed by atoms with Gasteiger partial charge in [0.25, 0.3) is 0 Å². The molecule has 0 unspecified atom stereocenters. The van der Waals surface area contributed by atoms with Crippen LogP contribution in [0.1, 0.15) is 22.7 Å². The number of pyridine rings is 1. The third kappa shape index (κ3) is 5.03. The quantitative estimate of drug-likeness (QED) is 0.378. The summed E-state index contributed by atoms with van der Waals surface area (Å²) in [6.07, 6.45) is -3.68. The SMILES string of the molecule is C=C(c1cc(C2CN(CCc3ccccc3)C2)cc(-c2ccc(F)c(Cl)c2)n1)C(F)(F)F. The van der Waals surface area contributed by atoms with Crippen LogP contribution >= 0.6 is 11.6 Å². The topological polar surface area (TPSA) is 16.1 Å². The number of hydrogen-bond acceptors (Lipinski definition) is 2. The van der Waals surface area contributed by atoms with E-state index in [1.54, 1.807) is 6.07 Å². The number of benzene rings is 2. The first kappa shape index (κ1) is 22.5. The van der Waals surface area contributed by atoms with E-state index in [1.165, 1.54) is 29.8 Å². The van der Waals surface area contributed by atoms with Gasteiger partial charge in [-0.2, -0.15) is 13.2 Å². The van der Waals surface area contributed by atoms with Gasteiger partial charge in [0.1, 0.15) is 5.82 Å². The van der Waals surface area contributed by atoms with E-state index in [9.17, 15) is 17.6 Å². The zero-order chi connectivity index (χ0) is 22.9. The summed E-state index contributed by atoms with van der Waals surface area (Å²) < 4.78 is 53.5.